The number of hydrogen-bond acceptors (Lipinski definition) is 4. The highest BCUT2D eigenvalue weighted by atomic mass is 35.5. The molecule has 0 saturated carbocycles. The molecule has 2 aromatic carbocycles. The van der Waals surface area contributed by atoms with E-state index in [1.54, 1.807) is 35.6 Å². The van der Waals surface area contributed by atoms with Crippen LogP contribution in [-0.2, 0) is 0 Å². The Morgan fingerprint density at radius 2 is 1.67 bits per heavy atom. The van der Waals surface area contributed by atoms with Gasteiger partial charge in [0, 0.05) is 10.4 Å². The second kappa shape index (κ2) is 7.24. The van der Waals surface area contributed by atoms with Crippen molar-refractivity contribution in [3.8, 4) is 11.1 Å². The fraction of sp³-hybridized carbons (Fsp3) is 0.0526. The number of rotatable bonds is 3. The largest absolute Gasteiger partial charge is 0.338 e. The van der Waals surface area contributed by atoms with Crippen molar-refractivity contribution in [2.75, 3.05) is 5.32 Å². The lowest BCUT2D eigenvalue weighted by atomic mass is 10.0. The number of nitrogens with one attached hydrogen (secondary N) is 1. The summed E-state index contributed by atoms with van der Waals surface area (Å²) in [4.78, 5) is 10.6. The van der Waals surface area contributed by atoms with Crippen LogP contribution >= 0.6 is 46.1 Å². The number of halogens is 4. The molecule has 0 aliphatic carbocycles. The van der Waals surface area contributed by atoms with Crippen LogP contribution in [0.15, 0.2) is 42.7 Å². The molecule has 0 spiro atoms. The number of thiophene rings is 1. The Bertz CT molecular complexity index is 1160. The van der Waals surface area contributed by atoms with Gasteiger partial charge in [0.2, 0.25) is 0 Å². The molecule has 1 N–H and O–H groups in total. The van der Waals surface area contributed by atoms with E-state index >= 15 is 0 Å². The average molecular weight is 439 g/mol. The number of anilines is 2. The van der Waals surface area contributed by atoms with Gasteiger partial charge in [0.15, 0.2) is 0 Å². The molecule has 0 aliphatic heterocycles. The number of benzene rings is 2. The smallest absolute Gasteiger partial charge is 0.143 e. The Morgan fingerprint density at radius 3 is 2.41 bits per heavy atom. The number of aromatic nitrogens is 2. The molecule has 2 heterocycles. The van der Waals surface area contributed by atoms with Crippen LogP contribution in [0, 0.1) is 12.7 Å². The van der Waals surface area contributed by atoms with Crippen molar-refractivity contribution in [1.29, 1.82) is 0 Å². The summed E-state index contributed by atoms with van der Waals surface area (Å²) in [5.41, 5.74) is 2.42. The standard InChI is InChI=1S/C19H11Cl3FN3S/c1-9-16(10-2-4-11(23)5-3-10)17-18(24-8-25-19(17)27-9)26-15-7-13(21)12(20)6-14(15)22/h2-8H,1H3,(H,24,25,26). The van der Waals surface area contributed by atoms with Gasteiger partial charge in [0.25, 0.3) is 0 Å². The van der Waals surface area contributed by atoms with E-state index in [0.717, 1.165) is 26.2 Å². The highest BCUT2D eigenvalue weighted by molar-refractivity contribution is 7.19. The molecule has 2 aromatic heterocycles. The highest BCUT2D eigenvalue weighted by Gasteiger charge is 2.18. The van der Waals surface area contributed by atoms with Crippen LogP contribution in [-0.4, -0.2) is 9.97 Å². The molecule has 0 bridgehead atoms. The van der Waals surface area contributed by atoms with Gasteiger partial charge in [-0.25, -0.2) is 14.4 Å². The van der Waals surface area contributed by atoms with E-state index in [4.69, 9.17) is 34.8 Å². The summed E-state index contributed by atoms with van der Waals surface area (Å²) >= 11 is 20.0. The molecule has 27 heavy (non-hydrogen) atoms. The van der Waals surface area contributed by atoms with E-state index in [1.807, 2.05) is 6.92 Å². The van der Waals surface area contributed by atoms with Crippen LogP contribution in [0.3, 0.4) is 0 Å². The van der Waals surface area contributed by atoms with E-state index in [1.165, 1.54) is 18.5 Å². The van der Waals surface area contributed by atoms with Gasteiger partial charge >= 0.3 is 0 Å². The molecule has 0 fully saturated rings. The molecule has 136 valence electrons. The zero-order chi connectivity index (χ0) is 19.1. The highest BCUT2D eigenvalue weighted by Crippen LogP contribution is 2.42. The van der Waals surface area contributed by atoms with E-state index in [9.17, 15) is 4.39 Å². The third-order valence-corrected chi connectivity index (χ3v) is 6.11. The van der Waals surface area contributed by atoms with Crippen LogP contribution in [0.5, 0.6) is 0 Å². The Kier molecular flexibility index (Phi) is 4.95. The van der Waals surface area contributed by atoms with Crippen molar-refractivity contribution in [2.45, 2.75) is 6.92 Å². The van der Waals surface area contributed by atoms with Gasteiger partial charge < -0.3 is 5.32 Å². The van der Waals surface area contributed by atoms with Crippen LogP contribution in [0.1, 0.15) is 4.88 Å². The summed E-state index contributed by atoms with van der Waals surface area (Å²) in [5.74, 6) is 0.303. The molecular formula is C19H11Cl3FN3S. The minimum Gasteiger partial charge on any atom is -0.338 e. The maximum atomic E-state index is 13.4. The van der Waals surface area contributed by atoms with Crippen LogP contribution in [0.4, 0.5) is 15.9 Å². The first-order valence-corrected chi connectivity index (χ1v) is 9.80. The summed E-state index contributed by atoms with van der Waals surface area (Å²) in [5, 5.41) is 5.25. The first kappa shape index (κ1) is 18.4. The predicted octanol–water partition coefficient (Wildman–Crippen LogP) is 7.51. The van der Waals surface area contributed by atoms with Crippen molar-refractivity contribution in [2.24, 2.45) is 0 Å². The van der Waals surface area contributed by atoms with Crippen molar-refractivity contribution < 1.29 is 4.39 Å². The Balaban J connectivity index is 1.89. The minimum absolute atomic E-state index is 0.284. The maximum absolute atomic E-state index is 13.4. The van der Waals surface area contributed by atoms with Crippen molar-refractivity contribution in [3.63, 3.8) is 0 Å². The van der Waals surface area contributed by atoms with E-state index in [0.29, 0.717) is 26.6 Å². The molecule has 0 radical (unpaired) electrons. The number of fused-ring (bicyclic) bond motifs is 1. The van der Waals surface area contributed by atoms with Gasteiger partial charge in [0.1, 0.15) is 22.8 Å². The fourth-order valence-corrected chi connectivity index (χ4v) is 4.46. The quantitative estimate of drug-likeness (QED) is 0.336. The van der Waals surface area contributed by atoms with Gasteiger partial charge in [-0.15, -0.1) is 11.3 Å². The zero-order valence-electron chi connectivity index (χ0n) is 13.9. The lowest BCUT2D eigenvalue weighted by molar-refractivity contribution is 0.628. The number of hydrogen-bond donors (Lipinski definition) is 1. The maximum Gasteiger partial charge on any atom is 0.143 e. The Morgan fingerprint density at radius 1 is 0.963 bits per heavy atom. The second-order valence-electron chi connectivity index (χ2n) is 5.81. The van der Waals surface area contributed by atoms with Gasteiger partial charge in [0.05, 0.1) is 26.1 Å². The van der Waals surface area contributed by atoms with Gasteiger partial charge in [-0.3, -0.25) is 0 Å². The zero-order valence-corrected chi connectivity index (χ0v) is 16.9. The van der Waals surface area contributed by atoms with Crippen molar-refractivity contribution in [1.82, 2.24) is 9.97 Å². The average Bonchev–Trinajstić information content (AvgIpc) is 2.97. The number of aryl methyl sites for hydroxylation is 1. The molecule has 0 saturated heterocycles. The predicted molar refractivity (Wildman–Crippen MR) is 112 cm³/mol. The normalized spacial score (nSPS) is 11.1. The van der Waals surface area contributed by atoms with Crippen LogP contribution in [0.25, 0.3) is 21.3 Å². The molecule has 0 unspecified atom stereocenters. The molecule has 0 amide bonds. The molecule has 0 atom stereocenters. The van der Waals surface area contributed by atoms with Gasteiger partial charge in [-0.2, -0.15) is 0 Å². The van der Waals surface area contributed by atoms with E-state index in [2.05, 4.69) is 15.3 Å². The molecule has 4 rings (SSSR count). The van der Waals surface area contributed by atoms with Gasteiger partial charge in [-0.1, -0.05) is 46.9 Å². The summed E-state index contributed by atoms with van der Waals surface area (Å²) < 4.78 is 13.4. The molecular weight excluding hydrogens is 428 g/mol. The summed E-state index contributed by atoms with van der Waals surface area (Å²) in [6, 6.07) is 9.58. The number of nitrogens with zero attached hydrogens (tertiary/aromatic N) is 2. The molecule has 8 heteroatoms. The SMILES string of the molecule is Cc1sc2ncnc(Nc3cc(Cl)c(Cl)cc3Cl)c2c1-c1ccc(F)cc1. The summed E-state index contributed by atoms with van der Waals surface area (Å²) in [6.07, 6.45) is 1.49. The first-order valence-electron chi connectivity index (χ1n) is 7.85. The molecule has 0 aliphatic rings. The van der Waals surface area contributed by atoms with E-state index in [-0.39, 0.29) is 5.82 Å². The Labute approximate surface area is 173 Å². The van der Waals surface area contributed by atoms with Gasteiger partial charge in [-0.05, 0) is 36.8 Å². The molecule has 3 nitrogen and oxygen atoms in total. The summed E-state index contributed by atoms with van der Waals surface area (Å²) in [6.45, 7) is 2.00. The third-order valence-electron chi connectivity index (χ3n) is 4.06. The summed E-state index contributed by atoms with van der Waals surface area (Å²) in [7, 11) is 0. The third kappa shape index (κ3) is 3.48. The molecule has 4 aromatic rings. The van der Waals surface area contributed by atoms with Crippen molar-refractivity contribution in [3.05, 3.63) is 68.5 Å². The minimum atomic E-state index is -0.284. The van der Waals surface area contributed by atoms with Crippen LogP contribution < -0.4 is 5.32 Å². The van der Waals surface area contributed by atoms with Crippen molar-refractivity contribution >= 4 is 67.9 Å². The lowest BCUT2D eigenvalue weighted by Crippen LogP contribution is -1.97. The van der Waals surface area contributed by atoms with Crippen LogP contribution in [0.2, 0.25) is 15.1 Å². The van der Waals surface area contributed by atoms with E-state index < -0.39 is 0 Å². The fourth-order valence-electron chi connectivity index (χ4n) is 2.85. The first-order chi connectivity index (χ1) is 12.9. The lowest BCUT2D eigenvalue weighted by Gasteiger charge is -2.11. The Hall–Kier alpha value is -1.92. The second-order valence-corrected chi connectivity index (χ2v) is 8.24. The topological polar surface area (TPSA) is 37.8 Å². The monoisotopic (exact) mass is 437 g/mol.